The molecule has 1 aliphatic rings. The molecule has 1 saturated carbocycles. The van der Waals surface area contributed by atoms with Gasteiger partial charge in [0.2, 0.25) is 0 Å². The van der Waals surface area contributed by atoms with Crippen molar-refractivity contribution in [1.82, 2.24) is 5.32 Å². The summed E-state index contributed by atoms with van der Waals surface area (Å²) in [5.74, 6) is 1.29. The summed E-state index contributed by atoms with van der Waals surface area (Å²) in [5, 5.41) is 3.58. The van der Waals surface area contributed by atoms with E-state index in [1.165, 1.54) is 25.0 Å². The molecule has 0 spiro atoms. The van der Waals surface area contributed by atoms with Crippen LogP contribution in [0.5, 0.6) is 0 Å². The summed E-state index contributed by atoms with van der Waals surface area (Å²) in [7, 11) is 0. The second kappa shape index (κ2) is 4.24. The third kappa shape index (κ3) is 3.47. The van der Waals surface area contributed by atoms with Crippen molar-refractivity contribution in [2.75, 3.05) is 12.0 Å². The van der Waals surface area contributed by atoms with Gasteiger partial charge in [0, 0.05) is 12.1 Å². The summed E-state index contributed by atoms with van der Waals surface area (Å²) in [6.45, 7) is 2.29. The lowest BCUT2D eigenvalue weighted by Crippen LogP contribution is -2.28. The number of hydrogen-bond donors (Lipinski definition) is 1. The van der Waals surface area contributed by atoms with Crippen LogP contribution < -0.4 is 5.32 Å². The minimum absolute atomic E-state index is 0.736. The van der Waals surface area contributed by atoms with Crippen LogP contribution in [-0.4, -0.2) is 24.1 Å². The van der Waals surface area contributed by atoms with Crippen LogP contribution in [0.1, 0.15) is 26.2 Å². The fourth-order valence-corrected chi connectivity index (χ4v) is 1.62. The number of thioether (sulfide) groups is 1. The predicted molar refractivity (Wildman–Crippen MR) is 48.6 cm³/mol. The van der Waals surface area contributed by atoms with Crippen LogP contribution in [0.2, 0.25) is 0 Å². The van der Waals surface area contributed by atoms with Crippen molar-refractivity contribution in [2.45, 2.75) is 38.3 Å². The Morgan fingerprint density at radius 1 is 1.60 bits per heavy atom. The van der Waals surface area contributed by atoms with E-state index in [0.717, 1.165) is 12.1 Å². The quantitative estimate of drug-likeness (QED) is 0.657. The molecule has 1 rings (SSSR count). The van der Waals surface area contributed by atoms with Crippen molar-refractivity contribution in [3.8, 4) is 0 Å². The summed E-state index contributed by atoms with van der Waals surface area (Å²) in [4.78, 5) is 0. The Morgan fingerprint density at radius 2 is 2.30 bits per heavy atom. The zero-order valence-corrected chi connectivity index (χ0v) is 7.71. The largest absolute Gasteiger partial charge is 0.311 e. The molecule has 10 heavy (non-hydrogen) atoms. The molecule has 1 atom stereocenters. The van der Waals surface area contributed by atoms with Crippen LogP contribution in [0, 0.1) is 0 Å². The predicted octanol–water partition coefficient (Wildman–Crippen LogP) is 1.88. The first-order valence-corrected chi connectivity index (χ1v) is 5.47. The average molecular weight is 159 g/mol. The van der Waals surface area contributed by atoms with Gasteiger partial charge in [0.05, 0.1) is 0 Å². The van der Waals surface area contributed by atoms with Gasteiger partial charge in [0.25, 0.3) is 0 Å². The van der Waals surface area contributed by atoms with Gasteiger partial charge in [-0.15, -0.1) is 0 Å². The maximum atomic E-state index is 3.58. The Hall–Kier alpha value is 0.310. The lowest BCUT2D eigenvalue weighted by molar-refractivity contribution is 0.535. The second-order valence-corrected chi connectivity index (χ2v) is 4.11. The summed E-state index contributed by atoms with van der Waals surface area (Å²) in [6.07, 6.45) is 6.30. The Morgan fingerprint density at radius 3 is 2.80 bits per heavy atom. The van der Waals surface area contributed by atoms with Gasteiger partial charge >= 0.3 is 0 Å². The Kier molecular flexibility index (Phi) is 3.57. The van der Waals surface area contributed by atoms with E-state index in [4.69, 9.17) is 0 Å². The third-order valence-corrected chi connectivity index (χ3v) is 2.50. The van der Waals surface area contributed by atoms with Crippen LogP contribution in [0.15, 0.2) is 0 Å². The zero-order valence-electron chi connectivity index (χ0n) is 6.89. The first-order chi connectivity index (χ1) is 4.83. The molecule has 2 heteroatoms. The monoisotopic (exact) mass is 159 g/mol. The normalized spacial score (nSPS) is 21.0. The second-order valence-electron chi connectivity index (χ2n) is 3.12. The van der Waals surface area contributed by atoms with Gasteiger partial charge in [-0.05, 0) is 38.2 Å². The standard InChI is InChI=1S/C8H17NS/c1-7(5-6-10-2)9-8-3-4-8/h7-9H,3-6H2,1-2H3. The van der Waals surface area contributed by atoms with Gasteiger partial charge in [-0.1, -0.05) is 0 Å². The molecule has 0 bridgehead atoms. The number of hydrogen-bond acceptors (Lipinski definition) is 2. The molecule has 0 radical (unpaired) electrons. The van der Waals surface area contributed by atoms with E-state index in [1.807, 2.05) is 11.8 Å². The van der Waals surface area contributed by atoms with Crippen LogP contribution in [0.25, 0.3) is 0 Å². The highest BCUT2D eigenvalue weighted by Gasteiger charge is 2.22. The molecule has 0 aromatic rings. The van der Waals surface area contributed by atoms with Gasteiger partial charge in [-0.2, -0.15) is 11.8 Å². The van der Waals surface area contributed by atoms with Gasteiger partial charge in [-0.3, -0.25) is 0 Å². The lowest BCUT2D eigenvalue weighted by Gasteiger charge is -2.11. The van der Waals surface area contributed by atoms with Crippen LogP contribution >= 0.6 is 11.8 Å². The molecule has 1 fully saturated rings. The fourth-order valence-electron chi connectivity index (χ4n) is 1.03. The molecular weight excluding hydrogens is 142 g/mol. The van der Waals surface area contributed by atoms with Gasteiger partial charge in [-0.25, -0.2) is 0 Å². The molecule has 0 aliphatic heterocycles. The van der Waals surface area contributed by atoms with E-state index >= 15 is 0 Å². The first-order valence-electron chi connectivity index (χ1n) is 4.08. The Balaban J connectivity index is 1.91. The highest BCUT2D eigenvalue weighted by atomic mass is 32.2. The Bertz CT molecular complexity index is 91.3. The minimum atomic E-state index is 0.736. The molecule has 0 aromatic carbocycles. The topological polar surface area (TPSA) is 12.0 Å². The summed E-state index contributed by atoms with van der Waals surface area (Å²) >= 11 is 1.94. The van der Waals surface area contributed by atoms with Gasteiger partial charge < -0.3 is 5.32 Å². The van der Waals surface area contributed by atoms with Crippen molar-refractivity contribution in [3.05, 3.63) is 0 Å². The molecule has 60 valence electrons. The Labute approximate surface area is 68.0 Å². The maximum absolute atomic E-state index is 3.58. The van der Waals surface area contributed by atoms with E-state index in [0.29, 0.717) is 0 Å². The molecule has 1 unspecified atom stereocenters. The molecular formula is C8H17NS. The summed E-state index contributed by atoms with van der Waals surface area (Å²) in [5.41, 5.74) is 0. The molecule has 1 N–H and O–H groups in total. The van der Waals surface area contributed by atoms with Crippen molar-refractivity contribution >= 4 is 11.8 Å². The van der Waals surface area contributed by atoms with Crippen molar-refractivity contribution in [1.29, 1.82) is 0 Å². The SMILES string of the molecule is CSCCC(C)NC1CC1. The van der Waals surface area contributed by atoms with E-state index in [-0.39, 0.29) is 0 Å². The van der Waals surface area contributed by atoms with E-state index in [2.05, 4.69) is 18.5 Å². The zero-order chi connectivity index (χ0) is 7.40. The molecule has 1 nitrogen and oxygen atoms in total. The highest BCUT2D eigenvalue weighted by Crippen LogP contribution is 2.19. The van der Waals surface area contributed by atoms with Crippen LogP contribution in [-0.2, 0) is 0 Å². The number of rotatable bonds is 5. The minimum Gasteiger partial charge on any atom is -0.311 e. The molecule has 0 aromatic heterocycles. The first kappa shape index (κ1) is 8.41. The molecule has 1 aliphatic carbocycles. The molecule has 0 amide bonds. The average Bonchev–Trinajstić information content (AvgIpc) is 2.67. The lowest BCUT2D eigenvalue weighted by atomic mass is 10.2. The van der Waals surface area contributed by atoms with Crippen molar-refractivity contribution in [2.24, 2.45) is 0 Å². The van der Waals surface area contributed by atoms with E-state index in [1.54, 1.807) is 0 Å². The molecule has 0 heterocycles. The van der Waals surface area contributed by atoms with Crippen molar-refractivity contribution < 1.29 is 0 Å². The number of nitrogens with one attached hydrogen (secondary N) is 1. The highest BCUT2D eigenvalue weighted by molar-refractivity contribution is 7.98. The van der Waals surface area contributed by atoms with Gasteiger partial charge in [0.1, 0.15) is 0 Å². The fraction of sp³-hybridized carbons (Fsp3) is 1.00. The van der Waals surface area contributed by atoms with E-state index in [9.17, 15) is 0 Å². The summed E-state index contributed by atoms with van der Waals surface area (Å²) < 4.78 is 0. The van der Waals surface area contributed by atoms with E-state index < -0.39 is 0 Å². The van der Waals surface area contributed by atoms with Crippen LogP contribution in [0.3, 0.4) is 0 Å². The molecule has 0 saturated heterocycles. The maximum Gasteiger partial charge on any atom is 0.00707 e. The summed E-state index contributed by atoms with van der Waals surface area (Å²) in [6, 6.07) is 1.61. The van der Waals surface area contributed by atoms with Gasteiger partial charge in [0.15, 0.2) is 0 Å². The third-order valence-electron chi connectivity index (χ3n) is 1.85. The van der Waals surface area contributed by atoms with Crippen LogP contribution in [0.4, 0.5) is 0 Å². The van der Waals surface area contributed by atoms with Crippen molar-refractivity contribution in [3.63, 3.8) is 0 Å². The smallest absolute Gasteiger partial charge is 0.00707 e.